The molecule has 0 spiro atoms. The molecule has 0 saturated carbocycles. The van der Waals surface area contributed by atoms with Gasteiger partial charge in [0.1, 0.15) is 6.61 Å². The van der Waals surface area contributed by atoms with Crippen LogP contribution in [0.15, 0.2) is 97.2 Å². The van der Waals surface area contributed by atoms with E-state index >= 15 is 0 Å². The van der Waals surface area contributed by atoms with Gasteiger partial charge in [-0.15, -0.1) is 0 Å². The minimum Gasteiger partial charge on any atom is -0.462 e. The van der Waals surface area contributed by atoms with Crippen molar-refractivity contribution < 1.29 is 43.0 Å². The van der Waals surface area contributed by atoms with Crippen molar-refractivity contribution >= 4 is 19.8 Å². The summed E-state index contributed by atoms with van der Waals surface area (Å²) >= 11 is 0. The number of unbranched alkanes of at least 4 members (excludes halogenated alkanes) is 6. The minimum atomic E-state index is -4.79. The maximum atomic E-state index is 12.4. The zero-order valence-electron chi connectivity index (χ0n) is 32.5. The zero-order valence-corrected chi connectivity index (χ0v) is 33.4. The predicted octanol–water partition coefficient (Wildman–Crippen LogP) is 10.8. The van der Waals surface area contributed by atoms with Crippen LogP contribution in [0, 0.1) is 0 Å². The number of ether oxygens (including phenoxy) is 2. The molecule has 0 saturated heterocycles. The monoisotopic (exact) mass is 760 g/mol. The number of hydrogen-bond acceptors (Lipinski definition) is 7. The summed E-state index contributed by atoms with van der Waals surface area (Å²) in [7, 11) is -4.79. The van der Waals surface area contributed by atoms with Crippen molar-refractivity contribution in [2.45, 2.75) is 148 Å². The van der Waals surface area contributed by atoms with E-state index in [9.17, 15) is 19.3 Å². The summed E-state index contributed by atoms with van der Waals surface area (Å²) in [6.07, 6.45) is 48.4. The Labute approximate surface area is 320 Å². The molecular formula is C43H69O9P. The number of carbonyl (C=O) groups excluding carboxylic acids is 2. The summed E-state index contributed by atoms with van der Waals surface area (Å²) in [6.45, 7) is 3.09. The first-order chi connectivity index (χ1) is 25.6. The van der Waals surface area contributed by atoms with E-state index in [2.05, 4.69) is 84.4 Å². The Hall–Kier alpha value is -3.07. The third-order valence-corrected chi connectivity index (χ3v) is 8.08. The van der Waals surface area contributed by atoms with Gasteiger partial charge in [-0.25, -0.2) is 4.57 Å². The molecule has 9 nitrogen and oxygen atoms in total. The maximum absolute atomic E-state index is 12.4. The number of phosphoric acid groups is 1. The third kappa shape index (κ3) is 41.5. The van der Waals surface area contributed by atoms with Gasteiger partial charge in [0, 0.05) is 12.8 Å². The Morgan fingerprint density at radius 1 is 0.566 bits per heavy atom. The molecule has 0 unspecified atom stereocenters. The molecule has 300 valence electrons. The van der Waals surface area contributed by atoms with E-state index in [-0.39, 0.29) is 25.6 Å². The van der Waals surface area contributed by atoms with Crippen molar-refractivity contribution in [2.75, 3.05) is 13.2 Å². The van der Waals surface area contributed by atoms with Gasteiger partial charge in [-0.3, -0.25) is 14.1 Å². The van der Waals surface area contributed by atoms with E-state index in [1.54, 1.807) is 0 Å². The number of esters is 2. The number of aliphatic hydroxyl groups is 1. The summed E-state index contributed by atoms with van der Waals surface area (Å²) in [5.74, 6) is -1.04. The van der Waals surface area contributed by atoms with Gasteiger partial charge in [0.2, 0.25) is 0 Å². The molecule has 0 aromatic carbocycles. The van der Waals surface area contributed by atoms with Crippen LogP contribution in [0.25, 0.3) is 0 Å². The number of rotatable bonds is 34. The summed E-state index contributed by atoms with van der Waals surface area (Å²) in [5, 5.41) is 9.24. The summed E-state index contributed by atoms with van der Waals surface area (Å²) in [6, 6.07) is 0. The largest absolute Gasteiger partial charge is 0.469 e. The fourth-order valence-corrected chi connectivity index (χ4v) is 5.03. The number of carbonyl (C=O) groups is 2. The first kappa shape index (κ1) is 49.9. The van der Waals surface area contributed by atoms with Gasteiger partial charge >= 0.3 is 19.8 Å². The normalized spacial score (nSPS) is 14.1. The first-order valence-corrected chi connectivity index (χ1v) is 21.1. The molecule has 0 heterocycles. The second kappa shape index (κ2) is 37.3. The molecular weight excluding hydrogens is 691 g/mol. The van der Waals surface area contributed by atoms with Crippen LogP contribution in [0.4, 0.5) is 0 Å². The number of phosphoric ester groups is 1. The van der Waals surface area contributed by atoms with E-state index in [4.69, 9.17) is 19.3 Å². The quantitative estimate of drug-likeness (QED) is 0.0253. The van der Waals surface area contributed by atoms with E-state index in [0.29, 0.717) is 25.7 Å². The van der Waals surface area contributed by atoms with Gasteiger partial charge in [0.05, 0.1) is 12.7 Å². The lowest BCUT2D eigenvalue weighted by Crippen LogP contribution is -2.29. The zero-order chi connectivity index (χ0) is 39.1. The molecule has 0 aromatic heterocycles. The SMILES string of the molecule is CCCCC/C=C\C/C=C\C/C=C\C/C=C\CCCC(=O)O[C@H](COC(=O)CCC/C=C\C/C=C\C/C=C\C/C=C\CCC[C@@H](C)O)COP(=O)(O)O. The van der Waals surface area contributed by atoms with Crippen LogP contribution in [0.5, 0.6) is 0 Å². The molecule has 3 N–H and O–H groups in total. The van der Waals surface area contributed by atoms with Crippen LogP contribution in [0.2, 0.25) is 0 Å². The summed E-state index contributed by atoms with van der Waals surface area (Å²) in [4.78, 5) is 42.7. The Morgan fingerprint density at radius 3 is 1.38 bits per heavy atom. The number of allylic oxidation sites excluding steroid dienone is 16. The lowest BCUT2D eigenvalue weighted by atomic mass is 10.1. The molecule has 0 rings (SSSR count). The molecule has 0 aliphatic rings. The average Bonchev–Trinajstić information content (AvgIpc) is 3.11. The lowest BCUT2D eigenvalue weighted by molar-refractivity contribution is -0.161. The van der Waals surface area contributed by atoms with Gasteiger partial charge in [-0.2, -0.15) is 0 Å². The van der Waals surface area contributed by atoms with Gasteiger partial charge in [0.25, 0.3) is 0 Å². The van der Waals surface area contributed by atoms with Crippen molar-refractivity contribution in [1.29, 1.82) is 0 Å². The molecule has 2 atom stereocenters. The van der Waals surface area contributed by atoms with E-state index < -0.39 is 32.5 Å². The van der Waals surface area contributed by atoms with Crippen LogP contribution in [0.1, 0.15) is 136 Å². The third-order valence-electron chi connectivity index (χ3n) is 7.59. The first-order valence-electron chi connectivity index (χ1n) is 19.6. The highest BCUT2D eigenvalue weighted by atomic mass is 31.2. The summed E-state index contributed by atoms with van der Waals surface area (Å²) in [5.41, 5.74) is 0. The van der Waals surface area contributed by atoms with Crippen molar-refractivity contribution in [1.82, 2.24) is 0 Å². The molecule has 0 aromatic rings. The average molecular weight is 761 g/mol. The van der Waals surface area contributed by atoms with Crippen LogP contribution in [0.3, 0.4) is 0 Å². The molecule has 0 aliphatic heterocycles. The highest BCUT2D eigenvalue weighted by Crippen LogP contribution is 2.35. The minimum absolute atomic E-state index is 0.112. The van der Waals surface area contributed by atoms with E-state index in [0.717, 1.165) is 64.2 Å². The van der Waals surface area contributed by atoms with Gasteiger partial charge in [0.15, 0.2) is 6.10 Å². The molecule has 0 fully saturated rings. The lowest BCUT2D eigenvalue weighted by Gasteiger charge is -2.18. The Balaban J connectivity index is 4.18. The van der Waals surface area contributed by atoms with Gasteiger partial charge in [-0.1, -0.05) is 117 Å². The van der Waals surface area contributed by atoms with E-state index in [1.165, 1.54) is 19.3 Å². The Morgan fingerprint density at radius 2 is 0.962 bits per heavy atom. The molecule has 53 heavy (non-hydrogen) atoms. The molecule has 0 amide bonds. The molecule has 0 bridgehead atoms. The van der Waals surface area contributed by atoms with Crippen molar-refractivity contribution in [2.24, 2.45) is 0 Å². The fraction of sp³-hybridized carbons (Fsp3) is 0.581. The fourth-order valence-electron chi connectivity index (χ4n) is 4.67. The highest BCUT2D eigenvalue weighted by Gasteiger charge is 2.22. The second-order valence-corrected chi connectivity index (χ2v) is 14.1. The van der Waals surface area contributed by atoms with Crippen LogP contribution >= 0.6 is 7.82 Å². The van der Waals surface area contributed by atoms with Crippen molar-refractivity contribution in [3.8, 4) is 0 Å². The standard InChI is InChI=1S/C43H69O9P/c1-3-4-5-6-7-8-9-10-11-12-15-19-22-25-28-31-34-37-43(46)52-41(39-51-53(47,48)49)38-50-42(45)36-33-30-27-24-21-18-16-13-14-17-20-23-26-29-32-35-40(2)44/h7-8,10-11,14-19,23-28,40-41,44H,3-6,9,12-13,20-22,29-39H2,1-2H3,(H2,47,48,49)/b8-7-,11-10-,17-14-,18-16-,19-15-,26-23-,27-24-,28-25-/t40-,41-/m1/s1. The number of aliphatic hydroxyl groups excluding tert-OH is 1. The van der Waals surface area contributed by atoms with Crippen LogP contribution in [-0.2, 0) is 28.2 Å². The molecule has 0 radical (unpaired) electrons. The van der Waals surface area contributed by atoms with Crippen LogP contribution in [-0.4, -0.2) is 52.3 Å². The number of hydrogen-bond donors (Lipinski definition) is 3. The smallest absolute Gasteiger partial charge is 0.462 e. The topological polar surface area (TPSA) is 140 Å². The summed E-state index contributed by atoms with van der Waals surface area (Å²) < 4.78 is 26.2. The second-order valence-electron chi connectivity index (χ2n) is 12.8. The Bertz CT molecular complexity index is 1190. The van der Waals surface area contributed by atoms with Gasteiger partial charge in [-0.05, 0) is 103 Å². The van der Waals surface area contributed by atoms with E-state index in [1.807, 2.05) is 31.2 Å². The maximum Gasteiger partial charge on any atom is 0.469 e. The van der Waals surface area contributed by atoms with Crippen molar-refractivity contribution in [3.05, 3.63) is 97.2 Å². The van der Waals surface area contributed by atoms with Gasteiger partial charge < -0.3 is 24.4 Å². The molecule has 0 aliphatic carbocycles. The van der Waals surface area contributed by atoms with Crippen molar-refractivity contribution in [3.63, 3.8) is 0 Å². The van der Waals surface area contributed by atoms with Crippen LogP contribution < -0.4 is 0 Å². The predicted molar refractivity (Wildman–Crippen MR) is 217 cm³/mol. The molecule has 10 heteroatoms. The highest BCUT2D eigenvalue weighted by molar-refractivity contribution is 7.46. The Kier molecular flexibility index (Phi) is 35.1.